The maximum absolute atomic E-state index is 12.4. The molecule has 2 amide bonds. The van der Waals surface area contributed by atoms with Crippen LogP contribution in [0.5, 0.6) is 5.75 Å². The smallest absolute Gasteiger partial charge is 0.321 e. The molecule has 1 N–H and O–H groups in total. The van der Waals surface area contributed by atoms with E-state index in [2.05, 4.69) is 28.1 Å². The van der Waals surface area contributed by atoms with Crippen LogP contribution in [0, 0.1) is 5.92 Å². The summed E-state index contributed by atoms with van der Waals surface area (Å²) in [5, 5.41) is 2.94. The van der Waals surface area contributed by atoms with Gasteiger partial charge in [0.25, 0.3) is 0 Å². The highest BCUT2D eigenvalue weighted by Crippen LogP contribution is 2.33. The molecule has 0 unspecified atom stereocenters. The van der Waals surface area contributed by atoms with Crippen molar-refractivity contribution in [2.24, 2.45) is 5.92 Å². The maximum Gasteiger partial charge on any atom is 0.321 e. The molecular weight excluding hydrogens is 388 g/mol. The second-order valence-corrected chi connectivity index (χ2v) is 8.67. The highest BCUT2D eigenvalue weighted by molar-refractivity contribution is 5.94. The number of anilines is 1. The van der Waals surface area contributed by atoms with Gasteiger partial charge in [0.2, 0.25) is 0 Å². The summed E-state index contributed by atoms with van der Waals surface area (Å²) in [5.74, 6) is 2.71. The van der Waals surface area contributed by atoms with Crippen LogP contribution in [0.1, 0.15) is 45.0 Å². The summed E-state index contributed by atoms with van der Waals surface area (Å²) in [7, 11) is 1.79. The van der Waals surface area contributed by atoms with Crippen LogP contribution in [0.4, 0.5) is 10.5 Å². The molecule has 1 aromatic heterocycles. The summed E-state index contributed by atoms with van der Waals surface area (Å²) in [6.07, 6.45) is 3.35. The van der Waals surface area contributed by atoms with Gasteiger partial charge in [-0.3, -0.25) is 4.90 Å². The lowest BCUT2D eigenvalue weighted by molar-refractivity contribution is 0.245. The number of carbonyl (C=O) groups is 1. The molecule has 0 saturated heterocycles. The van der Waals surface area contributed by atoms with Crippen LogP contribution < -0.4 is 15.0 Å². The van der Waals surface area contributed by atoms with Crippen molar-refractivity contribution in [1.29, 1.82) is 0 Å². The van der Waals surface area contributed by atoms with Crippen molar-refractivity contribution >= 4 is 22.8 Å². The number of urea groups is 1. The first kappa shape index (κ1) is 21.2. The number of nitrogens with one attached hydrogen (secondary N) is 1. The van der Waals surface area contributed by atoms with Crippen molar-refractivity contribution in [2.75, 3.05) is 18.6 Å². The predicted molar refractivity (Wildman–Crippen MR) is 125 cm³/mol. The van der Waals surface area contributed by atoms with Gasteiger partial charge in [-0.15, -0.1) is 0 Å². The van der Waals surface area contributed by atoms with Crippen LogP contribution in [0.3, 0.4) is 0 Å². The molecule has 0 atom stereocenters. The molecule has 1 heterocycles. The number of hydrogen-bond donors (Lipinski definition) is 1. The molecule has 0 bridgehead atoms. The number of carbonyl (C=O) groups excluding carboxylic acids is 1. The van der Waals surface area contributed by atoms with Crippen LogP contribution in [0.25, 0.3) is 11.0 Å². The molecule has 164 valence electrons. The quantitative estimate of drug-likeness (QED) is 0.558. The number of rotatable bonds is 8. The first-order valence-electron chi connectivity index (χ1n) is 11.2. The van der Waals surface area contributed by atoms with Crippen molar-refractivity contribution < 1.29 is 9.53 Å². The Bertz CT molecular complexity index is 1050. The van der Waals surface area contributed by atoms with Gasteiger partial charge in [0.05, 0.1) is 17.6 Å². The van der Waals surface area contributed by atoms with Gasteiger partial charge in [-0.1, -0.05) is 12.1 Å². The number of amides is 2. The highest BCUT2D eigenvalue weighted by atomic mass is 16.5. The molecular formula is C25H32N4O2. The van der Waals surface area contributed by atoms with E-state index in [1.165, 1.54) is 18.4 Å². The molecule has 0 spiro atoms. The molecule has 31 heavy (non-hydrogen) atoms. The van der Waals surface area contributed by atoms with Gasteiger partial charge in [-0.25, -0.2) is 9.78 Å². The van der Waals surface area contributed by atoms with Crippen molar-refractivity contribution in [1.82, 2.24) is 14.9 Å². The summed E-state index contributed by atoms with van der Waals surface area (Å²) in [6, 6.07) is 14.4. The largest absolute Gasteiger partial charge is 0.494 e. The number of hydrogen-bond acceptors (Lipinski definition) is 3. The number of nitrogens with zero attached hydrogens (tertiary/aromatic N) is 3. The van der Waals surface area contributed by atoms with Gasteiger partial charge >= 0.3 is 6.03 Å². The van der Waals surface area contributed by atoms with Crippen molar-refractivity contribution in [3.8, 4) is 5.75 Å². The molecule has 6 heteroatoms. The molecule has 1 saturated carbocycles. The van der Waals surface area contributed by atoms with E-state index in [-0.39, 0.29) is 12.1 Å². The van der Waals surface area contributed by atoms with Crippen LogP contribution in [-0.2, 0) is 13.0 Å². The third-order valence-electron chi connectivity index (χ3n) is 5.65. The standard InChI is InChI=1S/C25H32N4O2/c1-5-31-21-11-8-18(9-12-21)14-24-27-22-15-20(28(4)25(30)26-17(2)3)10-13-23(22)29(24)16-19-6-7-19/h8-13,15,17,19H,5-7,14,16H2,1-4H3,(H,26,30). The van der Waals surface area contributed by atoms with Gasteiger partial charge < -0.3 is 14.6 Å². The fourth-order valence-electron chi connectivity index (χ4n) is 3.79. The minimum atomic E-state index is -0.110. The Hall–Kier alpha value is -3.02. The van der Waals surface area contributed by atoms with Gasteiger partial charge in [0.15, 0.2) is 0 Å². The van der Waals surface area contributed by atoms with Gasteiger partial charge in [-0.2, -0.15) is 0 Å². The zero-order valence-corrected chi connectivity index (χ0v) is 18.9. The van der Waals surface area contributed by atoms with E-state index in [0.29, 0.717) is 6.61 Å². The summed E-state index contributed by atoms with van der Waals surface area (Å²) < 4.78 is 7.93. The van der Waals surface area contributed by atoms with E-state index >= 15 is 0 Å². The van der Waals surface area contributed by atoms with Crippen molar-refractivity contribution in [2.45, 2.75) is 52.6 Å². The monoisotopic (exact) mass is 420 g/mol. The summed E-state index contributed by atoms with van der Waals surface area (Å²) in [4.78, 5) is 19.0. The van der Waals surface area contributed by atoms with Crippen LogP contribution in [0.2, 0.25) is 0 Å². The van der Waals surface area contributed by atoms with Crippen molar-refractivity contribution in [3.05, 3.63) is 53.9 Å². The molecule has 2 aromatic carbocycles. The molecule has 0 aliphatic heterocycles. The Balaban J connectivity index is 1.63. The Labute approximate surface area is 184 Å². The summed E-state index contributed by atoms with van der Waals surface area (Å²) >= 11 is 0. The molecule has 1 aliphatic rings. The Morgan fingerprint density at radius 3 is 2.61 bits per heavy atom. The number of imidazole rings is 1. The van der Waals surface area contributed by atoms with Gasteiger partial charge in [0.1, 0.15) is 11.6 Å². The fraction of sp³-hybridized carbons (Fsp3) is 0.440. The molecule has 0 radical (unpaired) electrons. The van der Waals surface area contributed by atoms with Gasteiger partial charge in [-0.05, 0) is 75.4 Å². The van der Waals surface area contributed by atoms with E-state index in [9.17, 15) is 4.79 Å². The number of fused-ring (bicyclic) bond motifs is 1. The first-order valence-corrected chi connectivity index (χ1v) is 11.2. The van der Waals surface area contributed by atoms with Crippen LogP contribution in [0.15, 0.2) is 42.5 Å². The molecule has 1 aliphatic carbocycles. The molecule has 3 aromatic rings. The molecule has 4 rings (SSSR count). The number of benzene rings is 2. The second kappa shape index (κ2) is 9.00. The highest BCUT2D eigenvalue weighted by Gasteiger charge is 2.24. The lowest BCUT2D eigenvalue weighted by atomic mass is 10.1. The zero-order chi connectivity index (χ0) is 22.0. The lowest BCUT2D eigenvalue weighted by Crippen LogP contribution is -2.40. The topological polar surface area (TPSA) is 59.4 Å². The second-order valence-electron chi connectivity index (χ2n) is 8.67. The molecule has 6 nitrogen and oxygen atoms in total. The van der Waals surface area contributed by atoms with Crippen molar-refractivity contribution in [3.63, 3.8) is 0 Å². The minimum absolute atomic E-state index is 0.0946. The Kier molecular flexibility index (Phi) is 6.16. The van der Waals surface area contributed by atoms with E-state index in [1.54, 1.807) is 11.9 Å². The third kappa shape index (κ3) is 5.01. The fourth-order valence-corrected chi connectivity index (χ4v) is 3.79. The van der Waals surface area contributed by atoms with E-state index < -0.39 is 0 Å². The maximum atomic E-state index is 12.4. The Morgan fingerprint density at radius 2 is 1.97 bits per heavy atom. The average molecular weight is 421 g/mol. The van der Waals surface area contributed by atoms with E-state index in [0.717, 1.165) is 47.2 Å². The predicted octanol–water partition coefficient (Wildman–Crippen LogP) is 4.99. The lowest BCUT2D eigenvalue weighted by Gasteiger charge is -2.19. The SMILES string of the molecule is CCOc1ccc(Cc2nc3cc(N(C)C(=O)NC(C)C)ccc3n2CC2CC2)cc1. The number of ether oxygens (including phenoxy) is 1. The minimum Gasteiger partial charge on any atom is -0.494 e. The third-order valence-corrected chi connectivity index (χ3v) is 5.65. The average Bonchev–Trinajstić information content (AvgIpc) is 3.50. The van der Waals surface area contributed by atoms with E-state index in [1.807, 2.05) is 45.0 Å². The normalized spacial score (nSPS) is 13.6. The Morgan fingerprint density at radius 1 is 1.23 bits per heavy atom. The van der Waals surface area contributed by atoms with Crippen LogP contribution in [-0.4, -0.2) is 35.3 Å². The van der Waals surface area contributed by atoms with E-state index in [4.69, 9.17) is 9.72 Å². The zero-order valence-electron chi connectivity index (χ0n) is 18.9. The van der Waals surface area contributed by atoms with Crippen LogP contribution >= 0.6 is 0 Å². The molecule has 1 fully saturated rings. The van der Waals surface area contributed by atoms with Gasteiger partial charge in [0, 0.05) is 31.7 Å². The summed E-state index contributed by atoms with van der Waals surface area (Å²) in [6.45, 7) is 7.59. The summed E-state index contributed by atoms with van der Waals surface area (Å²) in [5.41, 5.74) is 4.12. The first-order chi connectivity index (χ1) is 14.9. The number of aromatic nitrogens is 2.